The van der Waals surface area contributed by atoms with E-state index in [1.54, 1.807) is 18.3 Å². The van der Waals surface area contributed by atoms with Gasteiger partial charge >= 0.3 is 0 Å². The maximum absolute atomic E-state index is 12.2. The molecule has 9 nitrogen and oxygen atoms in total. The number of pyridine rings is 1. The van der Waals surface area contributed by atoms with Crippen molar-refractivity contribution in [1.82, 2.24) is 20.3 Å². The fraction of sp³-hybridized carbons (Fsp3) is 0.412. The van der Waals surface area contributed by atoms with Crippen LogP contribution in [0.1, 0.15) is 10.4 Å². The van der Waals surface area contributed by atoms with Crippen LogP contribution in [0.25, 0.3) is 0 Å². The molecule has 3 heterocycles. The third kappa shape index (κ3) is 4.57. The zero-order chi connectivity index (χ0) is 18.2. The number of morpholine rings is 1. The molecule has 2 N–H and O–H groups in total. The van der Waals surface area contributed by atoms with E-state index >= 15 is 0 Å². The Labute approximate surface area is 151 Å². The van der Waals surface area contributed by atoms with Gasteiger partial charge in [0.05, 0.1) is 20.3 Å². The van der Waals surface area contributed by atoms with Gasteiger partial charge in [-0.3, -0.25) is 4.79 Å². The maximum atomic E-state index is 12.2. The predicted molar refractivity (Wildman–Crippen MR) is 96.7 cm³/mol. The van der Waals surface area contributed by atoms with E-state index in [1.165, 1.54) is 13.4 Å². The van der Waals surface area contributed by atoms with Crippen molar-refractivity contribution in [2.45, 2.75) is 0 Å². The Morgan fingerprint density at radius 3 is 2.92 bits per heavy atom. The van der Waals surface area contributed by atoms with Gasteiger partial charge in [-0.2, -0.15) is 0 Å². The van der Waals surface area contributed by atoms with Crippen molar-refractivity contribution in [2.24, 2.45) is 0 Å². The minimum Gasteiger partial charge on any atom is -0.480 e. The molecule has 0 saturated carbocycles. The molecule has 1 aliphatic heterocycles. The fourth-order valence-corrected chi connectivity index (χ4v) is 2.60. The molecule has 0 unspecified atom stereocenters. The minimum atomic E-state index is -0.228. The lowest BCUT2D eigenvalue weighted by molar-refractivity contribution is 0.0951. The number of carbonyl (C=O) groups is 1. The molecule has 0 aromatic carbocycles. The molecule has 1 saturated heterocycles. The lowest BCUT2D eigenvalue weighted by atomic mass is 10.2. The van der Waals surface area contributed by atoms with Crippen molar-refractivity contribution in [3.8, 4) is 5.88 Å². The van der Waals surface area contributed by atoms with Crippen molar-refractivity contribution in [2.75, 3.05) is 56.7 Å². The Balaban J connectivity index is 1.48. The molecule has 1 fully saturated rings. The zero-order valence-corrected chi connectivity index (χ0v) is 14.6. The standard InChI is InChI=1S/C17H22N6O3/c1-25-17-13(3-2-4-20-17)16(24)19-6-5-18-14-11-15(22-12-21-14)23-7-9-26-10-8-23/h2-4,11-12H,5-10H2,1H3,(H,19,24)(H,18,21,22). The Bertz CT molecular complexity index is 736. The monoisotopic (exact) mass is 358 g/mol. The Hall–Kier alpha value is -2.94. The van der Waals surface area contributed by atoms with E-state index in [0.717, 1.165) is 24.7 Å². The highest BCUT2D eigenvalue weighted by Crippen LogP contribution is 2.15. The molecule has 9 heteroatoms. The Kier molecular flexibility index (Phi) is 6.15. The van der Waals surface area contributed by atoms with Gasteiger partial charge in [-0.1, -0.05) is 0 Å². The van der Waals surface area contributed by atoms with Gasteiger partial charge in [0.1, 0.15) is 23.5 Å². The first kappa shape index (κ1) is 17.9. The highest BCUT2D eigenvalue weighted by Gasteiger charge is 2.14. The molecule has 0 radical (unpaired) electrons. The molecular weight excluding hydrogens is 336 g/mol. The molecule has 1 aliphatic rings. The van der Waals surface area contributed by atoms with Gasteiger partial charge in [0.15, 0.2) is 0 Å². The summed E-state index contributed by atoms with van der Waals surface area (Å²) >= 11 is 0. The summed E-state index contributed by atoms with van der Waals surface area (Å²) in [6.07, 6.45) is 3.12. The van der Waals surface area contributed by atoms with Crippen molar-refractivity contribution >= 4 is 17.5 Å². The number of carbonyl (C=O) groups excluding carboxylic acids is 1. The first-order valence-electron chi connectivity index (χ1n) is 8.44. The lowest BCUT2D eigenvalue weighted by Crippen LogP contribution is -2.36. The summed E-state index contributed by atoms with van der Waals surface area (Å²) in [5.74, 6) is 1.67. The third-order valence-corrected chi connectivity index (χ3v) is 3.91. The van der Waals surface area contributed by atoms with Crippen LogP contribution < -0.4 is 20.3 Å². The van der Waals surface area contributed by atoms with Crippen LogP contribution in [0.4, 0.5) is 11.6 Å². The number of methoxy groups -OCH3 is 1. The number of nitrogens with one attached hydrogen (secondary N) is 2. The van der Waals surface area contributed by atoms with Crippen LogP contribution in [0, 0.1) is 0 Å². The largest absolute Gasteiger partial charge is 0.480 e. The normalized spacial score (nSPS) is 14.0. The molecule has 0 spiro atoms. The highest BCUT2D eigenvalue weighted by molar-refractivity contribution is 5.96. The van der Waals surface area contributed by atoms with E-state index in [9.17, 15) is 4.79 Å². The molecule has 1 amide bonds. The van der Waals surface area contributed by atoms with Crippen LogP contribution >= 0.6 is 0 Å². The molecule has 26 heavy (non-hydrogen) atoms. The van der Waals surface area contributed by atoms with Crippen molar-refractivity contribution < 1.29 is 14.3 Å². The number of hydrogen-bond acceptors (Lipinski definition) is 8. The van der Waals surface area contributed by atoms with Gasteiger partial charge in [0, 0.05) is 38.4 Å². The zero-order valence-electron chi connectivity index (χ0n) is 14.6. The SMILES string of the molecule is COc1ncccc1C(=O)NCCNc1cc(N2CCOCC2)ncn1. The van der Waals surface area contributed by atoms with Crippen LogP contribution in [0.15, 0.2) is 30.7 Å². The van der Waals surface area contributed by atoms with Gasteiger partial charge in [0.25, 0.3) is 5.91 Å². The van der Waals surface area contributed by atoms with Crippen LogP contribution in [0.5, 0.6) is 5.88 Å². The molecule has 0 aliphatic carbocycles. The molecule has 3 rings (SSSR count). The number of aromatic nitrogens is 3. The summed E-state index contributed by atoms with van der Waals surface area (Å²) in [6.45, 7) is 4.02. The van der Waals surface area contributed by atoms with Crippen molar-refractivity contribution in [3.05, 3.63) is 36.3 Å². The second-order valence-corrected chi connectivity index (χ2v) is 5.60. The van der Waals surface area contributed by atoms with Crippen molar-refractivity contribution in [3.63, 3.8) is 0 Å². The van der Waals surface area contributed by atoms with Crippen LogP contribution in [0.2, 0.25) is 0 Å². The summed E-state index contributed by atoms with van der Waals surface area (Å²) in [5, 5.41) is 6.02. The van der Waals surface area contributed by atoms with E-state index in [-0.39, 0.29) is 5.91 Å². The van der Waals surface area contributed by atoms with Crippen LogP contribution in [-0.4, -0.2) is 67.4 Å². The first-order valence-corrected chi connectivity index (χ1v) is 8.44. The first-order chi connectivity index (χ1) is 12.8. The fourth-order valence-electron chi connectivity index (χ4n) is 2.60. The summed E-state index contributed by atoms with van der Waals surface area (Å²) in [5.41, 5.74) is 0.409. The van der Waals surface area contributed by atoms with Crippen molar-refractivity contribution in [1.29, 1.82) is 0 Å². The molecule has 0 bridgehead atoms. The molecule has 138 valence electrons. The molecular formula is C17H22N6O3. The molecule has 2 aromatic rings. The Morgan fingerprint density at radius 2 is 2.12 bits per heavy atom. The van der Waals surface area contributed by atoms with Gasteiger partial charge in [0.2, 0.25) is 5.88 Å². The van der Waals surface area contributed by atoms with Crippen LogP contribution in [0.3, 0.4) is 0 Å². The second kappa shape index (κ2) is 8.95. The highest BCUT2D eigenvalue weighted by atomic mass is 16.5. The average molecular weight is 358 g/mol. The molecule has 2 aromatic heterocycles. The second-order valence-electron chi connectivity index (χ2n) is 5.60. The van der Waals surface area contributed by atoms with E-state index in [0.29, 0.717) is 37.7 Å². The summed E-state index contributed by atoms with van der Waals surface area (Å²) in [4.78, 5) is 26.9. The smallest absolute Gasteiger partial charge is 0.256 e. The third-order valence-electron chi connectivity index (χ3n) is 3.91. The number of ether oxygens (including phenoxy) is 2. The van der Waals surface area contributed by atoms with E-state index < -0.39 is 0 Å². The average Bonchev–Trinajstić information content (AvgIpc) is 2.72. The summed E-state index contributed by atoms with van der Waals surface area (Å²) in [7, 11) is 1.49. The van der Waals surface area contributed by atoms with E-state index in [1.807, 2.05) is 6.07 Å². The quantitative estimate of drug-likeness (QED) is 0.693. The number of rotatable bonds is 7. The maximum Gasteiger partial charge on any atom is 0.256 e. The summed E-state index contributed by atoms with van der Waals surface area (Å²) < 4.78 is 10.4. The van der Waals surface area contributed by atoms with Gasteiger partial charge < -0.3 is 25.0 Å². The minimum absolute atomic E-state index is 0.228. The number of nitrogens with zero attached hydrogens (tertiary/aromatic N) is 4. The van der Waals surface area contributed by atoms with E-state index in [4.69, 9.17) is 9.47 Å². The van der Waals surface area contributed by atoms with E-state index in [2.05, 4.69) is 30.5 Å². The number of anilines is 2. The molecule has 0 atom stereocenters. The number of amides is 1. The number of hydrogen-bond donors (Lipinski definition) is 2. The predicted octanol–water partition coefficient (Wildman–Crippen LogP) is 0.559. The topological polar surface area (TPSA) is 102 Å². The van der Waals surface area contributed by atoms with Gasteiger partial charge in [-0.25, -0.2) is 15.0 Å². The lowest BCUT2D eigenvalue weighted by Gasteiger charge is -2.27. The Morgan fingerprint density at radius 1 is 1.27 bits per heavy atom. The van der Waals surface area contributed by atoms with Crippen LogP contribution in [-0.2, 0) is 4.74 Å². The summed E-state index contributed by atoms with van der Waals surface area (Å²) in [6, 6.07) is 5.27. The van der Waals surface area contributed by atoms with Gasteiger partial charge in [-0.15, -0.1) is 0 Å². The van der Waals surface area contributed by atoms with Gasteiger partial charge in [-0.05, 0) is 12.1 Å².